The number of carbonyl (C=O) groups is 1. The summed E-state index contributed by atoms with van der Waals surface area (Å²) < 4.78 is 23.1. The van der Waals surface area contributed by atoms with Crippen LogP contribution < -0.4 is 9.64 Å². The second kappa shape index (κ2) is 13.9. The van der Waals surface area contributed by atoms with Crippen LogP contribution in [0.25, 0.3) is 16.8 Å². The number of nitrogens with zero attached hydrogens (tertiary/aromatic N) is 8. The maximum absolute atomic E-state index is 14.6. The zero-order valence-corrected chi connectivity index (χ0v) is 29.9. The molecule has 0 spiro atoms. The van der Waals surface area contributed by atoms with Crippen molar-refractivity contribution < 1.29 is 18.5 Å². The Hall–Kier alpha value is -4.48. The number of ether oxygens (including phenoxy) is 1. The molecule has 0 aliphatic carbocycles. The number of halogens is 2. The maximum atomic E-state index is 14.6. The number of likely N-dealkylation sites (tertiary alicyclic amines) is 1. The number of amides is 1. The standard InChI is InChI=1S/C39H43ClFN8O2/c1-26-42-16-12-30(43-26)10-11-35(50)48-18-13-27(22-48)21-46(2)37-31-14-19-47(34-9-4-7-28-6-3-8-32(40)36(28)34)24-33(31)44-38(45-37)51-25-39-15-5-17-49(39)23-29(41)20-39/h3-4,6-12,16,21,27,29H,5,13-15,17-20,22-25H2,1-2H3/q+1/b11-10+,46-21+/t27?,29-,39+/m1/s1. The Kier molecular flexibility index (Phi) is 9.18. The third-order valence-corrected chi connectivity index (χ3v) is 11.2. The van der Waals surface area contributed by atoms with Gasteiger partial charge in [-0.25, -0.2) is 18.9 Å². The van der Waals surface area contributed by atoms with Crippen molar-refractivity contribution in [2.75, 3.05) is 51.3 Å². The number of alkyl halides is 1. The van der Waals surface area contributed by atoms with Crippen molar-refractivity contribution in [1.82, 2.24) is 29.7 Å². The summed E-state index contributed by atoms with van der Waals surface area (Å²) in [6, 6.07) is 14.4. The lowest BCUT2D eigenvalue weighted by Gasteiger charge is -2.32. The van der Waals surface area contributed by atoms with Crippen LogP contribution in [0.5, 0.6) is 6.01 Å². The number of anilines is 1. The molecule has 2 aromatic heterocycles. The van der Waals surface area contributed by atoms with E-state index in [0.717, 1.165) is 77.3 Å². The summed E-state index contributed by atoms with van der Waals surface area (Å²) in [6.45, 7) is 6.21. The summed E-state index contributed by atoms with van der Waals surface area (Å²) >= 11 is 6.75. The first-order valence-corrected chi connectivity index (χ1v) is 18.3. The van der Waals surface area contributed by atoms with Gasteiger partial charge in [-0.3, -0.25) is 9.69 Å². The smallest absolute Gasteiger partial charge is 0.434 e. The molecular weight excluding hydrogens is 667 g/mol. The molecule has 3 fully saturated rings. The average Bonchev–Trinajstić information content (AvgIpc) is 3.83. The maximum Gasteiger partial charge on any atom is 0.434 e. The van der Waals surface area contributed by atoms with Crippen LogP contribution in [0.3, 0.4) is 0 Å². The SMILES string of the molecule is Cc1nccc(/C=C/C(=O)N2CCC(/C=[N+](\C)c3nc(OC[C@@]45CCCN4C[C@H](F)C5)nc4c3CCN(c3cccc5cccc(Cl)c35)C4)C2)n1. The van der Waals surface area contributed by atoms with E-state index in [1.54, 1.807) is 24.4 Å². The lowest BCUT2D eigenvalue weighted by molar-refractivity contribution is -0.407. The third kappa shape index (κ3) is 6.81. The molecule has 3 atom stereocenters. The number of carbonyl (C=O) groups excluding carboxylic acids is 1. The number of fused-ring (bicyclic) bond motifs is 3. The van der Waals surface area contributed by atoms with Crippen LogP contribution in [0.4, 0.5) is 15.9 Å². The Morgan fingerprint density at radius 3 is 2.84 bits per heavy atom. The lowest BCUT2D eigenvalue weighted by Crippen LogP contribution is -2.43. The largest absolute Gasteiger partial charge is 0.443 e. The van der Waals surface area contributed by atoms with Gasteiger partial charge in [0.1, 0.15) is 18.6 Å². The highest BCUT2D eigenvalue weighted by molar-refractivity contribution is 6.36. The Morgan fingerprint density at radius 2 is 1.98 bits per heavy atom. The van der Waals surface area contributed by atoms with Gasteiger partial charge in [0.25, 0.3) is 0 Å². The quantitative estimate of drug-likeness (QED) is 0.129. The van der Waals surface area contributed by atoms with E-state index in [-0.39, 0.29) is 17.4 Å². The number of hydrogen-bond acceptors (Lipinski definition) is 8. The number of aryl methyl sites for hydroxylation is 1. The van der Waals surface area contributed by atoms with Gasteiger partial charge in [-0.2, -0.15) is 4.98 Å². The first-order chi connectivity index (χ1) is 24.7. The minimum Gasteiger partial charge on any atom is -0.443 e. The van der Waals surface area contributed by atoms with Gasteiger partial charge in [-0.05, 0) is 62.4 Å². The molecule has 0 radical (unpaired) electrons. The third-order valence-electron chi connectivity index (χ3n) is 10.9. The molecule has 4 aromatic rings. The first-order valence-electron chi connectivity index (χ1n) is 17.9. The van der Waals surface area contributed by atoms with Crippen LogP contribution in [0, 0.1) is 12.8 Å². The van der Waals surface area contributed by atoms with Gasteiger partial charge < -0.3 is 14.5 Å². The van der Waals surface area contributed by atoms with E-state index in [1.165, 1.54) is 0 Å². The molecule has 0 saturated carbocycles. The molecule has 8 rings (SSSR count). The molecule has 3 saturated heterocycles. The zero-order chi connectivity index (χ0) is 35.1. The molecule has 1 unspecified atom stereocenters. The molecule has 2 aromatic carbocycles. The van der Waals surface area contributed by atoms with Gasteiger partial charge in [0, 0.05) is 73.3 Å². The van der Waals surface area contributed by atoms with Gasteiger partial charge in [-0.15, -0.1) is 0 Å². The van der Waals surface area contributed by atoms with Crippen molar-refractivity contribution in [1.29, 1.82) is 0 Å². The highest BCUT2D eigenvalue weighted by atomic mass is 35.5. The van der Waals surface area contributed by atoms with Crippen molar-refractivity contribution in [2.45, 2.75) is 57.3 Å². The lowest BCUT2D eigenvalue weighted by atomic mass is 9.95. The molecule has 10 nitrogen and oxygen atoms in total. The Balaban J connectivity index is 1.06. The fraction of sp³-hybridized carbons (Fsp3) is 0.436. The summed E-state index contributed by atoms with van der Waals surface area (Å²) in [6.07, 6.45) is 10.4. The second-order valence-corrected chi connectivity index (χ2v) is 14.8. The summed E-state index contributed by atoms with van der Waals surface area (Å²) in [7, 11) is 2.02. The van der Waals surface area contributed by atoms with E-state index in [1.807, 2.05) is 31.0 Å². The summed E-state index contributed by atoms with van der Waals surface area (Å²) in [5.74, 6) is 1.61. The van der Waals surface area contributed by atoms with Crippen molar-refractivity contribution in [2.24, 2.45) is 5.92 Å². The first kappa shape index (κ1) is 33.7. The van der Waals surface area contributed by atoms with Crippen LogP contribution >= 0.6 is 11.6 Å². The normalized spacial score (nSPS) is 23.7. The minimum absolute atomic E-state index is 0.0312. The van der Waals surface area contributed by atoms with E-state index < -0.39 is 6.17 Å². The molecular formula is C39H43ClFN8O2+. The number of rotatable bonds is 8. The van der Waals surface area contributed by atoms with E-state index in [9.17, 15) is 9.18 Å². The predicted octanol–water partition coefficient (Wildman–Crippen LogP) is 5.81. The van der Waals surface area contributed by atoms with Crippen molar-refractivity contribution in [3.63, 3.8) is 0 Å². The van der Waals surface area contributed by atoms with Crippen LogP contribution in [0.2, 0.25) is 5.02 Å². The van der Waals surface area contributed by atoms with Crippen LogP contribution in [-0.4, -0.2) is 105 Å². The highest BCUT2D eigenvalue weighted by Crippen LogP contribution is 2.41. The van der Waals surface area contributed by atoms with Gasteiger partial charge in [0.2, 0.25) is 5.91 Å². The Bertz CT molecular complexity index is 2030. The molecule has 0 N–H and O–H groups in total. The van der Waals surface area contributed by atoms with Gasteiger partial charge in [0.05, 0.1) is 47.3 Å². The second-order valence-electron chi connectivity index (χ2n) is 14.4. The number of benzene rings is 2. The van der Waals surface area contributed by atoms with Crippen molar-refractivity contribution in [3.05, 3.63) is 82.5 Å². The Labute approximate surface area is 302 Å². The molecule has 6 heterocycles. The fourth-order valence-corrected chi connectivity index (χ4v) is 8.74. The monoisotopic (exact) mass is 709 g/mol. The fourth-order valence-electron chi connectivity index (χ4n) is 8.46. The van der Waals surface area contributed by atoms with E-state index in [0.29, 0.717) is 56.7 Å². The predicted molar refractivity (Wildman–Crippen MR) is 197 cm³/mol. The molecule has 264 valence electrons. The van der Waals surface area contributed by atoms with Gasteiger partial charge in [0.15, 0.2) is 0 Å². The number of hydrogen-bond donors (Lipinski definition) is 0. The van der Waals surface area contributed by atoms with Crippen LogP contribution in [0.15, 0.2) is 54.7 Å². The van der Waals surface area contributed by atoms with E-state index in [4.69, 9.17) is 26.3 Å². The molecule has 4 aliphatic rings. The van der Waals surface area contributed by atoms with Crippen molar-refractivity contribution >= 4 is 52.1 Å². The minimum atomic E-state index is -0.833. The Morgan fingerprint density at radius 1 is 1.12 bits per heavy atom. The molecule has 12 heteroatoms. The number of aromatic nitrogens is 4. The van der Waals surface area contributed by atoms with Crippen LogP contribution in [0.1, 0.15) is 48.5 Å². The van der Waals surface area contributed by atoms with Gasteiger partial charge >= 0.3 is 11.8 Å². The van der Waals surface area contributed by atoms with Crippen molar-refractivity contribution in [3.8, 4) is 6.01 Å². The topological polar surface area (TPSA) is 90.6 Å². The molecule has 4 aliphatic heterocycles. The van der Waals surface area contributed by atoms with Crippen LogP contribution in [-0.2, 0) is 17.8 Å². The highest BCUT2D eigenvalue weighted by Gasteiger charge is 2.49. The van der Waals surface area contributed by atoms with Gasteiger partial charge in [-0.1, -0.05) is 35.9 Å². The zero-order valence-electron chi connectivity index (χ0n) is 29.1. The summed E-state index contributed by atoms with van der Waals surface area (Å²) in [4.78, 5) is 38.0. The summed E-state index contributed by atoms with van der Waals surface area (Å²) in [5.41, 5.74) is 3.48. The summed E-state index contributed by atoms with van der Waals surface area (Å²) in [5, 5.41) is 2.85. The van der Waals surface area contributed by atoms with E-state index in [2.05, 4.69) is 54.8 Å². The molecule has 1 amide bonds. The molecule has 0 bridgehead atoms. The molecule has 51 heavy (non-hydrogen) atoms. The average molecular weight is 710 g/mol. The van der Waals surface area contributed by atoms with E-state index >= 15 is 0 Å².